The van der Waals surface area contributed by atoms with Crippen LogP contribution in [0.5, 0.6) is 0 Å². The third kappa shape index (κ3) is 2.91. The molecule has 0 spiro atoms. The first-order chi connectivity index (χ1) is 8.72. The Morgan fingerprint density at radius 1 is 1.11 bits per heavy atom. The number of likely N-dealkylation sites (N-methyl/N-ethyl adjacent to an activating group) is 1. The zero-order chi connectivity index (χ0) is 13.0. The van der Waals surface area contributed by atoms with Gasteiger partial charge in [0.25, 0.3) is 0 Å². The summed E-state index contributed by atoms with van der Waals surface area (Å²) in [5.41, 5.74) is 6.57. The first kappa shape index (κ1) is 14.3. The largest absolute Gasteiger partial charge is 0.329 e. The highest BCUT2D eigenvalue weighted by Crippen LogP contribution is 2.39. The minimum absolute atomic E-state index is 0.328. The molecular weight excluding hydrogens is 220 g/mol. The summed E-state index contributed by atoms with van der Waals surface area (Å²) < 4.78 is 0. The van der Waals surface area contributed by atoms with E-state index in [1.807, 2.05) is 0 Å². The van der Waals surface area contributed by atoms with Crippen molar-refractivity contribution in [3.63, 3.8) is 0 Å². The fourth-order valence-corrected chi connectivity index (χ4v) is 4.57. The fraction of sp³-hybridized carbons (Fsp3) is 1.00. The second-order valence-corrected chi connectivity index (χ2v) is 6.71. The second kappa shape index (κ2) is 6.38. The Morgan fingerprint density at radius 3 is 2.39 bits per heavy atom. The minimum atomic E-state index is 0.328. The zero-order valence-electron chi connectivity index (χ0n) is 12.5. The van der Waals surface area contributed by atoms with Gasteiger partial charge < -0.3 is 5.73 Å². The molecule has 2 unspecified atom stereocenters. The zero-order valence-corrected chi connectivity index (χ0v) is 12.5. The Hall–Kier alpha value is -0.0800. The highest BCUT2D eigenvalue weighted by molar-refractivity contribution is 4.98. The molecule has 0 amide bonds. The van der Waals surface area contributed by atoms with Gasteiger partial charge in [-0.25, -0.2) is 0 Å². The molecule has 2 aliphatic rings. The van der Waals surface area contributed by atoms with Crippen LogP contribution in [-0.4, -0.2) is 29.6 Å². The van der Waals surface area contributed by atoms with Gasteiger partial charge in [0.1, 0.15) is 0 Å². The summed E-state index contributed by atoms with van der Waals surface area (Å²) >= 11 is 0. The van der Waals surface area contributed by atoms with Crippen LogP contribution in [0.2, 0.25) is 0 Å². The van der Waals surface area contributed by atoms with Crippen molar-refractivity contribution in [2.75, 3.05) is 13.1 Å². The van der Waals surface area contributed by atoms with E-state index < -0.39 is 0 Å². The molecule has 2 aliphatic carbocycles. The molecule has 2 fully saturated rings. The summed E-state index contributed by atoms with van der Waals surface area (Å²) in [6.45, 7) is 6.81. The first-order valence-electron chi connectivity index (χ1n) is 8.18. The maximum absolute atomic E-state index is 6.24. The lowest BCUT2D eigenvalue weighted by molar-refractivity contribution is -0.00357. The standard InChI is InChI=1S/C16H32N2/c1-3-18(15-9-5-4-6-10-15)16(13-17)11-7-8-14(2)12-16/h14-15H,3-13,17H2,1-2H3. The van der Waals surface area contributed by atoms with Gasteiger partial charge >= 0.3 is 0 Å². The quantitative estimate of drug-likeness (QED) is 0.829. The molecule has 2 heteroatoms. The lowest BCUT2D eigenvalue weighted by Crippen LogP contribution is -2.59. The van der Waals surface area contributed by atoms with Crippen molar-refractivity contribution in [1.82, 2.24) is 4.90 Å². The van der Waals surface area contributed by atoms with E-state index in [2.05, 4.69) is 18.7 Å². The fourth-order valence-electron chi connectivity index (χ4n) is 4.57. The van der Waals surface area contributed by atoms with E-state index in [-0.39, 0.29) is 0 Å². The van der Waals surface area contributed by atoms with E-state index in [9.17, 15) is 0 Å². The van der Waals surface area contributed by atoms with Gasteiger partial charge in [0.2, 0.25) is 0 Å². The van der Waals surface area contributed by atoms with Crippen LogP contribution in [0.4, 0.5) is 0 Å². The van der Waals surface area contributed by atoms with E-state index in [0.717, 1.165) is 18.5 Å². The second-order valence-electron chi connectivity index (χ2n) is 6.71. The average molecular weight is 252 g/mol. The molecule has 2 saturated carbocycles. The lowest BCUT2D eigenvalue weighted by atomic mass is 9.74. The SMILES string of the molecule is CCN(C1CCCCC1)C1(CN)CCCC(C)C1. The van der Waals surface area contributed by atoms with Crippen molar-refractivity contribution in [1.29, 1.82) is 0 Å². The summed E-state index contributed by atoms with van der Waals surface area (Å²) in [6.07, 6.45) is 12.6. The maximum Gasteiger partial charge on any atom is 0.0337 e. The van der Waals surface area contributed by atoms with Gasteiger partial charge in [0.05, 0.1) is 0 Å². The Balaban J connectivity index is 2.11. The van der Waals surface area contributed by atoms with Gasteiger partial charge in [0, 0.05) is 18.1 Å². The van der Waals surface area contributed by atoms with Crippen molar-refractivity contribution in [3.8, 4) is 0 Å². The normalized spacial score (nSPS) is 35.0. The van der Waals surface area contributed by atoms with Crippen LogP contribution in [0.3, 0.4) is 0 Å². The van der Waals surface area contributed by atoms with Gasteiger partial charge in [-0.3, -0.25) is 4.90 Å². The molecule has 2 N–H and O–H groups in total. The van der Waals surface area contributed by atoms with Crippen LogP contribution in [0, 0.1) is 5.92 Å². The van der Waals surface area contributed by atoms with Gasteiger partial charge in [0.15, 0.2) is 0 Å². The number of rotatable bonds is 4. The Morgan fingerprint density at radius 2 is 1.83 bits per heavy atom. The molecular formula is C16H32N2. The van der Waals surface area contributed by atoms with E-state index in [0.29, 0.717) is 5.54 Å². The number of nitrogens with two attached hydrogens (primary N) is 1. The molecule has 0 aromatic heterocycles. The summed E-state index contributed by atoms with van der Waals surface area (Å²) in [5.74, 6) is 0.861. The average Bonchev–Trinajstić information content (AvgIpc) is 2.41. The van der Waals surface area contributed by atoms with E-state index in [1.54, 1.807) is 0 Å². The summed E-state index contributed by atoms with van der Waals surface area (Å²) in [6, 6.07) is 0.817. The molecule has 0 aromatic carbocycles. The van der Waals surface area contributed by atoms with Crippen LogP contribution >= 0.6 is 0 Å². The van der Waals surface area contributed by atoms with Crippen LogP contribution < -0.4 is 5.73 Å². The molecule has 0 radical (unpaired) electrons. The highest BCUT2D eigenvalue weighted by Gasteiger charge is 2.41. The smallest absolute Gasteiger partial charge is 0.0337 e. The minimum Gasteiger partial charge on any atom is -0.329 e. The molecule has 0 aromatic rings. The molecule has 2 rings (SSSR count). The summed E-state index contributed by atoms with van der Waals surface area (Å²) in [7, 11) is 0. The molecule has 0 saturated heterocycles. The van der Waals surface area contributed by atoms with Crippen molar-refractivity contribution < 1.29 is 0 Å². The van der Waals surface area contributed by atoms with Crippen LogP contribution in [0.25, 0.3) is 0 Å². The third-order valence-corrected chi connectivity index (χ3v) is 5.41. The van der Waals surface area contributed by atoms with Gasteiger partial charge in [-0.15, -0.1) is 0 Å². The van der Waals surface area contributed by atoms with Crippen molar-refractivity contribution in [2.24, 2.45) is 11.7 Å². The maximum atomic E-state index is 6.24. The van der Waals surface area contributed by atoms with Gasteiger partial charge in [-0.05, 0) is 38.1 Å². The van der Waals surface area contributed by atoms with E-state index in [4.69, 9.17) is 5.73 Å². The molecule has 2 nitrogen and oxygen atoms in total. The lowest BCUT2D eigenvalue weighted by Gasteiger charge is -2.51. The van der Waals surface area contributed by atoms with Crippen molar-refractivity contribution >= 4 is 0 Å². The number of hydrogen-bond acceptors (Lipinski definition) is 2. The van der Waals surface area contributed by atoms with E-state index >= 15 is 0 Å². The number of nitrogens with zero attached hydrogens (tertiary/aromatic N) is 1. The van der Waals surface area contributed by atoms with Crippen molar-refractivity contribution in [2.45, 2.75) is 83.2 Å². The predicted octanol–water partition coefficient (Wildman–Crippen LogP) is 3.55. The Bertz CT molecular complexity index is 247. The number of hydrogen-bond donors (Lipinski definition) is 1. The Labute approximate surface area is 113 Å². The highest BCUT2D eigenvalue weighted by atomic mass is 15.2. The molecule has 18 heavy (non-hydrogen) atoms. The van der Waals surface area contributed by atoms with Gasteiger partial charge in [-0.1, -0.05) is 46.0 Å². The topological polar surface area (TPSA) is 29.3 Å². The van der Waals surface area contributed by atoms with Crippen LogP contribution in [-0.2, 0) is 0 Å². The Kier molecular flexibility index (Phi) is 5.08. The molecule has 106 valence electrons. The predicted molar refractivity (Wildman–Crippen MR) is 78.7 cm³/mol. The van der Waals surface area contributed by atoms with Crippen molar-refractivity contribution in [3.05, 3.63) is 0 Å². The first-order valence-corrected chi connectivity index (χ1v) is 8.18. The van der Waals surface area contributed by atoms with E-state index in [1.165, 1.54) is 64.3 Å². The van der Waals surface area contributed by atoms with Crippen LogP contribution in [0.15, 0.2) is 0 Å². The molecule has 2 atom stereocenters. The monoisotopic (exact) mass is 252 g/mol. The molecule has 0 heterocycles. The van der Waals surface area contributed by atoms with Gasteiger partial charge in [-0.2, -0.15) is 0 Å². The van der Waals surface area contributed by atoms with Crippen LogP contribution in [0.1, 0.15) is 71.6 Å². The summed E-state index contributed by atoms with van der Waals surface area (Å²) in [5, 5.41) is 0. The molecule has 0 aliphatic heterocycles. The third-order valence-electron chi connectivity index (χ3n) is 5.41. The summed E-state index contributed by atoms with van der Waals surface area (Å²) in [4.78, 5) is 2.81. The molecule has 0 bridgehead atoms.